The summed E-state index contributed by atoms with van der Waals surface area (Å²) in [5.74, 6) is -1.92. The van der Waals surface area contributed by atoms with Crippen molar-refractivity contribution in [2.75, 3.05) is 18.0 Å². The van der Waals surface area contributed by atoms with Crippen LogP contribution in [0.2, 0.25) is 0 Å². The Labute approximate surface area is 179 Å². The largest absolute Gasteiger partial charge is 0.486 e. The zero-order valence-electron chi connectivity index (χ0n) is 16.1. The Hall–Kier alpha value is -3.02. The van der Waals surface area contributed by atoms with Gasteiger partial charge in [-0.15, -0.1) is 0 Å². The van der Waals surface area contributed by atoms with Gasteiger partial charge in [0.1, 0.15) is 16.8 Å². The lowest BCUT2D eigenvalue weighted by Crippen LogP contribution is -2.61. The Balaban J connectivity index is 1.22. The van der Waals surface area contributed by atoms with Gasteiger partial charge in [-0.1, -0.05) is 11.3 Å². The molecule has 0 bridgehead atoms. The van der Waals surface area contributed by atoms with Gasteiger partial charge in [-0.3, -0.25) is 9.59 Å². The van der Waals surface area contributed by atoms with E-state index in [0.717, 1.165) is 18.2 Å². The van der Waals surface area contributed by atoms with E-state index in [1.54, 1.807) is 0 Å². The molecule has 0 radical (unpaired) electrons. The molecule has 0 unspecified atom stereocenters. The fourth-order valence-corrected chi connectivity index (χ4v) is 4.18. The topological polar surface area (TPSA) is 107 Å². The summed E-state index contributed by atoms with van der Waals surface area (Å²) in [6.07, 6.45) is 1.82. The lowest BCUT2D eigenvalue weighted by atomic mass is 9.81. The van der Waals surface area contributed by atoms with Crippen molar-refractivity contribution in [1.82, 2.24) is 10.3 Å². The number of halogens is 3. The molecule has 1 saturated heterocycles. The second kappa shape index (κ2) is 8.61. The highest BCUT2D eigenvalue weighted by molar-refractivity contribution is 7.17. The number of alkyl halides is 2. The van der Waals surface area contributed by atoms with Gasteiger partial charge in [0.25, 0.3) is 5.91 Å². The summed E-state index contributed by atoms with van der Waals surface area (Å²) < 4.78 is 48.3. The summed E-state index contributed by atoms with van der Waals surface area (Å²) in [6.45, 7) is -1.91. The molecule has 1 saturated carbocycles. The van der Waals surface area contributed by atoms with Crippen molar-refractivity contribution in [1.29, 1.82) is 0 Å². The van der Waals surface area contributed by atoms with Crippen LogP contribution in [0.5, 0.6) is 11.5 Å². The van der Waals surface area contributed by atoms with Crippen molar-refractivity contribution in [3.8, 4) is 11.5 Å². The fourth-order valence-electron chi connectivity index (χ4n) is 3.39. The molecule has 4 rings (SSSR count). The van der Waals surface area contributed by atoms with Gasteiger partial charge in [0.15, 0.2) is 16.6 Å². The second-order valence-corrected chi connectivity index (χ2v) is 8.37. The van der Waals surface area contributed by atoms with E-state index in [1.165, 1.54) is 17.5 Å². The Morgan fingerprint density at radius 3 is 2.65 bits per heavy atom. The molecule has 2 aromatic rings. The van der Waals surface area contributed by atoms with Crippen LogP contribution >= 0.6 is 11.3 Å². The Morgan fingerprint density at radius 2 is 2.00 bits per heavy atom. The van der Waals surface area contributed by atoms with Crippen molar-refractivity contribution in [3.63, 3.8) is 0 Å². The van der Waals surface area contributed by atoms with Gasteiger partial charge >= 0.3 is 6.61 Å². The average molecular weight is 456 g/mol. The molecule has 2 amide bonds. The summed E-state index contributed by atoms with van der Waals surface area (Å²) in [7, 11) is 0. The number of carbonyl (C=O) groups excluding carboxylic acids is 2. The van der Waals surface area contributed by atoms with E-state index < -0.39 is 24.4 Å². The van der Waals surface area contributed by atoms with Crippen molar-refractivity contribution in [2.24, 2.45) is 11.7 Å². The maximum absolute atomic E-state index is 13.4. The Bertz CT molecular complexity index is 977. The smallest absolute Gasteiger partial charge is 0.387 e. The first-order chi connectivity index (χ1) is 14.8. The van der Waals surface area contributed by atoms with Gasteiger partial charge in [0.05, 0.1) is 12.2 Å². The zero-order chi connectivity index (χ0) is 22.1. The summed E-state index contributed by atoms with van der Waals surface area (Å²) in [5.41, 5.74) is 5.22. The molecule has 12 heteroatoms. The van der Waals surface area contributed by atoms with Gasteiger partial charge in [-0.25, -0.2) is 9.37 Å². The molecule has 166 valence electrons. The molecule has 0 atom stereocenters. The number of primary amides is 1. The van der Waals surface area contributed by atoms with Gasteiger partial charge in [0, 0.05) is 25.1 Å². The number of anilines is 1. The highest BCUT2D eigenvalue weighted by Gasteiger charge is 2.39. The minimum atomic E-state index is -3.05. The highest BCUT2D eigenvalue weighted by Crippen LogP contribution is 2.37. The molecule has 1 aliphatic carbocycles. The maximum atomic E-state index is 13.4. The van der Waals surface area contributed by atoms with Crippen LogP contribution in [0, 0.1) is 11.7 Å². The van der Waals surface area contributed by atoms with E-state index in [4.69, 9.17) is 10.5 Å². The number of ether oxygens (including phenoxy) is 2. The second-order valence-electron chi connectivity index (χ2n) is 7.36. The van der Waals surface area contributed by atoms with E-state index in [-0.39, 0.29) is 29.4 Å². The zero-order valence-corrected chi connectivity index (χ0v) is 16.9. The van der Waals surface area contributed by atoms with Gasteiger partial charge in [-0.05, 0) is 25.0 Å². The van der Waals surface area contributed by atoms with Crippen LogP contribution < -0.4 is 25.4 Å². The van der Waals surface area contributed by atoms with Crippen LogP contribution in [0.25, 0.3) is 0 Å². The van der Waals surface area contributed by atoms with Gasteiger partial charge in [-0.2, -0.15) is 8.78 Å². The molecule has 0 spiro atoms. The van der Waals surface area contributed by atoms with Crippen LogP contribution in [0.15, 0.2) is 24.4 Å². The molecule has 1 aromatic heterocycles. The number of hydrogen-bond donors (Lipinski definition) is 2. The van der Waals surface area contributed by atoms with Crippen LogP contribution in [-0.2, 0) is 4.79 Å². The molecular weight excluding hydrogens is 437 g/mol. The van der Waals surface area contributed by atoms with E-state index in [0.29, 0.717) is 35.9 Å². The number of nitrogens with one attached hydrogen (secondary N) is 1. The molecule has 1 aromatic carbocycles. The van der Waals surface area contributed by atoms with E-state index in [9.17, 15) is 22.8 Å². The first-order valence-electron chi connectivity index (χ1n) is 9.50. The number of nitrogens with two attached hydrogens (primary N) is 1. The quantitative estimate of drug-likeness (QED) is 0.631. The number of aromatic nitrogens is 1. The standard InChI is InChI=1S/C19H19F3N4O4S/c20-10-1-2-13(30-18(21)22)14(5-10)29-12-3-9(4-12)17(28)25-11-7-26(8-11)19-24-6-15(31-19)16(23)27/h1-2,5-6,9,11-12,18H,3-4,7-8H2,(H2,23,27)(H,25,28). The third kappa shape index (κ3) is 4.84. The molecule has 2 aliphatic rings. The number of thiazole rings is 1. The normalized spacial score (nSPS) is 20.7. The van der Waals surface area contributed by atoms with Crippen LogP contribution in [0.4, 0.5) is 18.3 Å². The monoisotopic (exact) mass is 456 g/mol. The summed E-state index contributed by atoms with van der Waals surface area (Å²) in [6, 6.07) is 3.03. The third-order valence-electron chi connectivity index (χ3n) is 5.12. The number of rotatable bonds is 8. The van der Waals surface area contributed by atoms with Crippen LogP contribution in [-0.4, -0.2) is 48.6 Å². The van der Waals surface area contributed by atoms with Crippen molar-refractivity contribution in [3.05, 3.63) is 35.1 Å². The SMILES string of the molecule is NC(=O)c1cnc(N2CC(NC(=O)C3CC(Oc4cc(F)ccc4OC(F)F)C3)C2)s1. The Kier molecular flexibility index (Phi) is 5.90. The molecule has 31 heavy (non-hydrogen) atoms. The van der Waals surface area contributed by atoms with E-state index in [1.807, 2.05) is 4.90 Å². The number of nitrogens with zero attached hydrogens (tertiary/aromatic N) is 2. The van der Waals surface area contributed by atoms with Crippen molar-refractivity contribution in [2.45, 2.75) is 31.6 Å². The predicted molar refractivity (Wildman–Crippen MR) is 105 cm³/mol. The number of amides is 2. The molecule has 2 fully saturated rings. The molecule has 2 heterocycles. The van der Waals surface area contributed by atoms with E-state index in [2.05, 4.69) is 15.0 Å². The first-order valence-corrected chi connectivity index (χ1v) is 10.3. The van der Waals surface area contributed by atoms with Gasteiger partial charge in [0.2, 0.25) is 5.91 Å². The minimum absolute atomic E-state index is 0.0392. The molecular formula is C19H19F3N4O4S. The molecule has 1 aliphatic heterocycles. The lowest BCUT2D eigenvalue weighted by Gasteiger charge is -2.41. The van der Waals surface area contributed by atoms with Crippen LogP contribution in [0.1, 0.15) is 22.5 Å². The summed E-state index contributed by atoms with van der Waals surface area (Å²) in [5, 5.41) is 3.62. The van der Waals surface area contributed by atoms with Crippen molar-refractivity contribution >= 4 is 28.3 Å². The summed E-state index contributed by atoms with van der Waals surface area (Å²) in [4.78, 5) is 30.0. The minimum Gasteiger partial charge on any atom is -0.486 e. The predicted octanol–water partition coefficient (Wildman–Crippen LogP) is 2.14. The first kappa shape index (κ1) is 21.2. The van der Waals surface area contributed by atoms with Crippen LogP contribution in [0.3, 0.4) is 0 Å². The Morgan fingerprint density at radius 1 is 1.26 bits per heavy atom. The number of hydrogen-bond acceptors (Lipinski definition) is 7. The maximum Gasteiger partial charge on any atom is 0.387 e. The number of carbonyl (C=O) groups is 2. The summed E-state index contributed by atoms with van der Waals surface area (Å²) >= 11 is 1.20. The van der Waals surface area contributed by atoms with Gasteiger partial charge < -0.3 is 25.4 Å². The van der Waals surface area contributed by atoms with Crippen molar-refractivity contribution < 1.29 is 32.2 Å². The average Bonchev–Trinajstić information content (AvgIpc) is 3.11. The highest BCUT2D eigenvalue weighted by atomic mass is 32.1. The molecule has 3 N–H and O–H groups in total. The number of benzene rings is 1. The van der Waals surface area contributed by atoms with E-state index >= 15 is 0 Å². The molecule has 8 nitrogen and oxygen atoms in total. The fraction of sp³-hybridized carbons (Fsp3) is 0.421. The lowest BCUT2D eigenvalue weighted by molar-refractivity contribution is -0.131. The third-order valence-corrected chi connectivity index (χ3v) is 6.19.